The molecule has 0 saturated heterocycles. The molecule has 1 N–H and O–H groups in total. The van der Waals surface area contributed by atoms with E-state index in [1.807, 2.05) is 0 Å². The monoisotopic (exact) mass is 343 g/mol. The third-order valence-corrected chi connectivity index (χ3v) is 2.95. The van der Waals surface area contributed by atoms with E-state index in [4.69, 9.17) is 20.8 Å². The molecule has 6 heteroatoms. The fourth-order valence-corrected chi connectivity index (χ4v) is 1.82. The highest BCUT2D eigenvalue weighted by Gasteiger charge is 2.09. The van der Waals surface area contributed by atoms with Crippen LogP contribution in [0.1, 0.15) is 10.6 Å². The van der Waals surface area contributed by atoms with Crippen LogP contribution in [-0.4, -0.2) is 19.1 Å². The molecule has 0 spiro atoms. The number of rotatable bonds is 5. The smallest absolute Gasteiger partial charge is 0.287 e. The van der Waals surface area contributed by atoms with Crippen molar-refractivity contribution in [1.29, 1.82) is 0 Å². The summed E-state index contributed by atoms with van der Waals surface area (Å²) < 4.78 is 11.1. The number of hydrogen-bond acceptors (Lipinski definition) is 3. The molecule has 4 nitrogen and oxygen atoms in total. The largest absolute Gasteiger partial charge is 0.492 e. The van der Waals surface area contributed by atoms with Crippen molar-refractivity contribution in [3.8, 4) is 5.75 Å². The number of amides is 1. The van der Waals surface area contributed by atoms with E-state index in [0.29, 0.717) is 28.6 Å². The van der Waals surface area contributed by atoms with Gasteiger partial charge < -0.3 is 14.5 Å². The molecule has 0 radical (unpaired) electrons. The van der Waals surface area contributed by atoms with E-state index < -0.39 is 0 Å². The van der Waals surface area contributed by atoms with Crippen LogP contribution in [0.25, 0.3) is 0 Å². The molecule has 2 aromatic rings. The number of halogens is 2. The highest BCUT2D eigenvalue weighted by molar-refractivity contribution is 9.10. The van der Waals surface area contributed by atoms with Gasteiger partial charge >= 0.3 is 0 Å². The molecule has 0 unspecified atom stereocenters. The van der Waals surface area contributed by atoms with Crippen molar-refractivity contribution in [3.63, 3.8) is 0 Å². The number of hydrogen-bond donors (Lipinski definition) is 1. The van der Waals surface area contributed by atoms with E-state index >= 15 is 0 Å². The quantitative estimate of drug-likeness (QED) is 0.845. The Bertz CT molecular complexity index is 553. The summed E-state index contributed by atoms with van der Waals surface area (Å²) in [6.07, 6.45) is 0. The lowest BCUT2D eigenvalue weighted by molar-refractivity contribution is 0.0918. The Hall–Kier alpha value is -1.46. The number of carbonyl (C=O) groups excluding carboxylic acids is 1. The summed E-state index contributed by atoms with van der Waals surface area (Å²) in [6.45, 7) is 0.759. The molecule has 0 aliphatic carbocycles. The summed E-state index contributed by atoms with van der Waals surface area (Å²) in [4.78, 5) is 11.6. The maximum absolute atomic E-state index is 11.6. The molecular formula is C13H11BrClNO3. The summed E-state index contributed by atoms with van der Waals surface area (Å²) in [7, 11) is 0. The fraction of sp³-hybridized carbons (Fsp3) is 0.154. The van der Waals surface area contributed by atoms with Crippen molar-refractivity contribution >= 4 is 33.4 Å². The molecule has 0 fully saturated rings. The zero-order chi connectivity index (χ0) is 13.7. The molecule has 1 heterocycles. The van der Waals surface area contributed by atoms with Crippen LogP contribution in [0, 0.1) is 0 Å². The Morgan fingerprint density at radius 2 is 2.00 bits per heavy atom. The van der Waals surface area contributed by atoms with Crippen LogP contribution in [0.2, 0.25) is 5.02 Å². The summed E-state index contributed by atoms with van der Waals surface area (Å²) >= 11 is 8.89. The lowest BCUT2D eigenvalue weighted by Crippen LogP contribution is -2.27. The summed E-state index contributed by atoms with van der Waals surface area (Å²) in [5.74, 6) is 0.697. The minimum atomic E-state index is -0.273. The van der Waals surface area contributed by atoms with Gasteiger partial charge in [0.2, 0.25) is 0 Å². The van der Waals surface area contributed by atoms with Gasteiger partial charge in [-0.15, -0.1) is 0 Å². The second kappa shape index (κ2) is 6.63. The van der Waals surface area contributed by atoms with Gasteiger partial charge in [-0.3, -0.25) is 4.79 Å². The third kappa shape index (κ3) is 4.29. The van der Waals surface area contributed by atoms with Crippen molar-refractivity contribution in [2.45, 2.75) is 0 Å². The van der Waals surface area contributed by atoms with Crippen molar-refractivity contribution in [2.75, 3.05) is 13.2 Å². The van der Waals surface area contributed by atoms with Gasteiger partial charge in [0.05, 0.1) is 6.54 Å². The Morgan fingerprint density at radius 3 is 2.63 bits per heavy atom. The summed E-state index contributed by atoms with van der Waals surface area (Å²) in [6, 6.07) is 10.3. The van der Waals surface area contributed by atoms with E-state index in [0.717, 1.165) is 0 Å². The Morgan fingerprint density at radius 1 is 1.26 bits per heavy atom. The van der Waals surface area contributed by atoms with Crippen molar-refractivity contribution in [2.24, 2.45) is 0 Å². The van der Waals surface area contributed by atoms with Crippen LogP contribution in [0.4, 0.5) is 0 Å². The van der Waals surface area contributed by atoms with Crippen LogP contribution in [0.5, 0.6) is 5.75 Å². The second-order valence-electron chi connectivity index (χ2n) is 3.66. The average Bonchev–Trinajstić information content (AvgIpc) is 2.83. The molecule has 0 aliphatic heterocycles. The summed E-state index contributed by atoms with van der Waals surface area (Å²) in [5.41, 5.74) is 0. The van der Waals surface area contributed by atoms with Gasteiger partial charge in [-0.1, -0.05) is 11.6 Å². The van der Waals surface area contributed by atoms with Gasteiger partial charge in [-0.05, 0) is 52.3 Å². The predicted octanol–water partition coefficient (Wildman–Crippen LogP) is 3.50. The second-order valence-corrected chi connectivity index (χ2v) is 4.88. The van der Waals surface area contributed by atoms with E-state index in [1.165, 1.54) is 0 Å². The van der Waals surface area contributed by atoms with E-state index in [1.54, 1.807) is 36.4 Å². The highest BCUT2D eigenvalue weighted by atomic mass is 79.9. The Labute approximate surface area is 123 Å². The maximum Gasteiger partial charge on any atom is 0.287 e. The molecule has 1 aromatic carbocycles. The normalized spacial score (nSPS) is 10.2. The highest BCUT2D eigenvalue weighted by Crippen LogP contribution is 2.15. The van der Waals surface area contributed by atoms with Crippen molar-refractivity contribution < 1.29 is 13.9 Å². The minimum absolute atomic E-state index is 0.262. The molecule has 2 rings (SSSR count). The molecule has 0 bridgehead atoms. The minimum Gasteiger partial charge on any atom is -0.492 e. The Kier molecular flexibility index (Phi) is 4.87. The van der Waals surface area contributed by atoms with E-state index in [9.17, 15) is 4.79 Å². The Balaban J connectivity index is 1.72. The average molecular weight is 345 g/mol. The van der Waals surface area contributed by atoms with Gasteiger partial charge in [0.15, 0.2) is 10.4 Å². The zero-order valence-corrected chi connectivity index (χ0v) is 12.2. The van der Waals surface area contributed by atoms with Crippen LogP contribution in [0.3, 0.4) is 0 Å². The van der Waals surface area contributed by atoms with Crippen LogP contribution in [-0.2, 0) is 0 Å². The summed E-state index contributed by atoms with van der Waals surface area (Å²) in [5, 5.41) is 3.35. The topological polar surface area (TPSA) is 51.5 Å². The number of nitrogens with one attached hydrogen (secondary N) is 1. The molecule has 1 aromatic heterocycles. The SMILES string of the molecule is O=C(NCCOc1ccc(Cl)cc1)c1ccc(Br)o1. The van der Waals surface area contributed by atoms with Gasteiger partial charge in [-0.2, -0.15) is 0 Å². The van der Waals surface area contributed by atoms with Gasteiger partial charge in [0.1, 0.15) is 12.4 Å². The first kappa shape index (κ1) is 14.0. The fourth-order valence-electron chi connectivity index (χ4n) is 1.39. The van der Waals surface area contributed by atoms with Crippen LogP contribution < -0.4 is 10.1 Å². The maximum atomic E-state index is 11.6. The third-order valence-electron chi connectivity index (χ3n) is 2.27. The number of furan rings is 1. The standard InChI is InChI=1S/C13H11BrClNO3/c14-12-6-5-11(19-12)13(17)16-7-8-18-10-3-1-9(15)2-4-10/h1-6H,7-8H2,(H,16,17). The van der Waals surface area contributed by atoms with Gasteiger partial charge in [0.25, 0.3) is 5.91 Å². The van der Waals surface area contributed by atoms with Crippen LogP contribution in [0.15, 0.2) is 45.5 Å². The van der Waals surface area contributed by atoms with Crippen molar-refractivity contribution in [3.05, 3.63) is 51.9 Å². The van der Waals surface area contributed by atoms with Crippen LogP contribution >= 0.6 is 27.5 Å². The van der Waals surface area contributed by atoms with E-state index in [-0.39, 0.29) is 11.7 Å². The molecule has 1 amide bonds. The number of carbonyl (C=O) groups is 1. The van der Waals surface area contributed by atoms with Gasteiger partial charge in [-0.25, -0.2) is 0 Å². The first-order valence-corrected chi connectivity index (χ1v) is 6.74. The molecule has 100 valence electrons. The number of ether oxygens (including phenoxy) is 1. The molecule has 0 aliphatic rings. The molecule has 0 saturated carbocycles. The zero-order valence-electron chi connectivity index (χ0n) is 9.86. The lowest BCUT2D eigenvalue weighted by atomic mass is 10.3. The van der Waals surface area contributed by atoms with Gasteiger partial charge in [0, 0.05) is 5.02 Å². The number of benzene rings is 1. The molecule has 19 heavy (non-hydrogen) atoms. The lowest BCUT2D eigenvalue weighted by Gasteiger charge is -2.06. The van der Waals surface area contributed by atoms with Crippen molar-refractivity contribution in [1.82, 2.24) is 5.32 Å². The molecule has 0 atom stereocenters. The predicted molar refractivity (Wildman–Crippen MR) is 75.7 cm³/mol. The first-order valence-electron chi connectivity index (χ1n) is 5.57. The molecular weight excluding hydrogens is 334 g/mol. The van der Waals surface area contributed by atoms with E-state index in [2.05, 4.69) is 21.2 Å². The first-order chi connectivity index (χ1) is 9.15.